The van der Waals surface area contributed by atoms with Crippen LogP contribution in [0, 0.1) is 13.8 Å². The van der Waals surface area contributed by atoms with Crippen LogP contribution in [0.3, 0.4) is 0 Å². The van der Waals surface area contributed by atoms with Crippen LogP contribution in [0.25, 0.3) is 0 Å². The van der Waals surface area contributed by atoms with Gasteiger partial charge < -0.3 is 10.1 Å². The van der Waals surface area contributed by atoms with E-state index in [4.69, 9.17) is 4.74 Å². The zero-order valence-corrected chi connectivity index (χ0v) is 13.7. The van der Waals surface area contributed by atoms with E-state index in [1.807, 2.05) is 42.8 Å². The molecule has 3 rings (SSSR count). The number of ether oxygens (including phenoxy) is 1. The zero-order chi connectivity index (χ0) is 16.2. The predicted octanol–water partition coefficient (Wildman–Crippen LogP) is 2.46. The molecule has 1 fully saturated rings. The Kier molecular flexibility index (Phi) is 4.76. The number of benzene rings is 1. The lowest BCUT2D eigenvalue weighted by molar-refractivity contribution is 0.0858. The van der Waals surface area contributed by atoms with Crippen LogP contribution in [-0.2, 0) is 11.3 Å². The van der Waals surface area contributed by atoms with Gasteiger partial charge in [0, 0.05) is 24.4 Å². The molecular weight excluding hydrogens is 290 g/mol. The van der Waals surface area contributed by atoms with E-state index in [1.165, 1.54) is 0 Å². The Hall–Kier alpha value is -2.14. The minimum atomic E-state index is -0.0434. The summed E-state index contributed by atoms with van der Waals surface area (Å²) in [6.45, 7) is 6.16. The van der Waals surface area contributed by atoms with Gasteiger partial charge in [0.25, 0.3) is 5.91 Å². The van der Waals surface area contributed by atoms with Gasteiger partial charge in [0.15, 0.2) is 0 Å². The van der Waals surface area contributed by atoms with Gasteiger partial charge >= 0.3 is 0 Å². The molecule has 0 saturated carbocycles. The van der Waals surface area contributed by atoms with E-state index in [0.29, 0.717) is 12.1 Å². The van der Waals surface area contributed by atoms with E-state index in [1.54, 1.807) is 0 Å². The smallest absolute Gasteiger partial charge is 0.251 e. The van der Waals surface area contributed by atoms with Crippen molar-refractivity contribution in [3.05, 3.63) is 52.8 Å². The Morgan fingerprint density at radius 2 is 2.13 bits per heavy atom. The fourth-order valence-corrected chi connectivity index (χ4v) is 2.88. The first kappa shape index (κ1) is 15.7. The first-order valence-electron chi connectivity index (χ1n) is 8.11. The molecule has 1 saturated heterocycles. The molecule has 5 heteroatoms. The molecule has 23 heavy (non-hydrogen) atoms. The van der Waals surface area contributed by atoms with Crippen molar-refractivity contribution in [2.75, 3.05) is 13.2 Å². The van der Waals surface area contributed by atoms with Gasteiger partial charge in [0.2, 0.25) is 0 Å². The van der Waals surface area contributed by atoms with Crippen molar-refractivity contribution in [3.63, 3.8) is 0 Å². The number of carbonyl (C=O) groups excluding carboxylic acids is 1. The normalized spacial score (nSPS) is 17.4. The van der Waals surface area contributed by atoms with Gasteiger partial charge in [-0.15, -0.1) is 0 Å². The summed E-state index contributed by atoms with van der Waals surface area (Å²) in [5, 5.41) is 7.40. The molecule has 1 atom stereocenters. The van der Waals surface area contributed by atoms with Crippen molar-refractivity contribution in [1.82, 2.24) is 15.1 Å². The van der Waals surface area contributed by atoms with Crippen molar-refractivity contribution in [2.24, 2.45) is 0 Å². The van der Waals surface area contributed by atoms with Crippen LogP contribution in [0.15, 0.2) is 30.3 Å². The number of amides is 1. The maximum Gasteiger partial charge on any atom is 0.251 e. The minimum absolute atomic E-state index is 0.0434. The van der Waals surface area contributed by atoms with Gasteiger partial charge in [-0.05, 0) is 50.5 Å². The topological polar surface area (TPSA) is 56.2 Å². The second-order valence-corrected chi connectivity index (χ2v) is 6.13. The van der Waals surface area contributed by atoms with Crippen molar-refractivity contribution < 1.29 is 9.53 Å². The molecular formula is C18H23N3O2. The second-order valence-electron chi connectivity index (χ2n) is 6.13. The molecule has 0 bridgehead atoms. The number of carbonyl (C=O) groups is 1. The average molecular weight is 313 g/mol. The highest BCUT2D eigenvalue weighted by atomic mass is 16.5. The lowest BCUT2D eigenvalue weighted by atomic mass is 10.1. The SMILES string of the molecule is Cc1cc(C)n(Cc2ccc(C(=O)NCC3CCCO3)cc2)n1. The molecule has 0 spiro atoms. The van der Waals surface area contributed by atoms with Crippen LogP contribution in [0.1, 0.15) is 40.2 Å². The van der Waals surface area contributed by atoms with Gasteiger partial charge in [0.05, 0.1) is 18.3 Å². The van der Waals surface area contributed by atoms with Crippen molar-refractivity contribution >= 4 is 5.91 Å². The largest absolute Gasteiger partial charge is 0.376 e. The third-order valence-electron chi connectivity index (χ3n) is 4.17. The van der Waals surface area contributed by atoms with Crippen LogP contribution in [0.5, 0.6) is 0 Å². The van der Waals surface area contributed by atoms with E-state index in [9.17, 15) is 4.79 Å². The molecule has 0 aliphatic carbocycles. The first-order valence-corrected chi connectivity index (χ1v) is 8.11. The molecule has 122 valence electrons. The van der Waals surface area contributed by atoms with Crippen LogP contribution < -0.4 is 5.32 Å². The second kappa shape index (κ2) is 6.96. The van der Waals surface area contributed by atoms with E-state index in [0.717, 1.165) is 42.9 Å². The lowest BCUT2D eigenvalue weighted by Crippen LogP contribution is -2.31. The molecule has 1 aromatic carbocycles. The van der Waals surface area contributed by atoms with Gasteiger partial charge in [-0.3, -0.25) is 9.48 Å². The zero-order valence-electron chi connectivity index (χ0n) is 13.7. The van der Waals surface area contributed by atoms with E-state index in [-0.39, 0.29) is 12.0 Å². The van der Waals surface area contributed by atoms with E-state index in [2.05, 4.69) is 16.5 Å². The van der Waals surface area contributed by atoms with Gasteiger partial charge in [0.1, 0.15) is 0 Å². The standard InChI is InChI=1S/C18H23N3O2/c1-13-10-14(2)21(20-13)12-15-5-7-16(8-6-15)18(22)19-11-17-4-3-9-23-17/h5-8,10,17H,3-4,9,11-12H2,1-2H3,(H,19,22). The Labute approximate surface area is 136 Å². The third kappa shape index (κ3) is 3.99. The molecule has 1 amide bonds. The first-order chi connectivity index (χ1) is 11.1. The van der Waals surface area contributed by atoms with Crippen molar-refractivity contribution in [2.45, 2.75) is 39.3 Å². The average Bonchev–Trinajstić information content (AvgIpc) is 3.16. The molecule has 1 aliphatic heterocycles. The number of hydrogen-bond acceptors (Lipinski definition) is 3. The molecule has 1 unspecified atom stereocenters. The Balaban J connectivity index is 1.57. The van der Waals surface area contributed by atoms with Crippen LogP contribution >= 0.6 is 0 Å². The number of rotatable bonds is 5. The summed E-state index contributed by atoms with van der Waals surface area (Å²) >= 11 is 0. The Morgan fingerprint density at radius 1 is 1.35 bits per heavy atom. The number of aromatic nitrogens is 2. The minimum Gasteiger partial charge on any atom is -0.376 e. The Bertz CT molecular complexity index is 670. The molecule has 2 aromatic rings. The van der Waals surface area contributed by atoms with Gasteiger partial charge in [-0.2, -0.15) is 5.10 Å². The molecule has 1 N–H and O–H groups in total. The summed E-state index contributed by atoms with van der Waals surface area (Å²) in [5.74, 6) is -0.0434. The highest BCUT2D eigenvalue weighted by Gasteiger charge is 2.16. The number of aryl methyl sites for hydroxylation is 2. The fourth-order valence-electron chi connectivity index (χ4n) is 2.88. The number of hydrogen-bond donors (Lipinski definition) is 1. The van der Waals surface area contributed by atoms with Crippen LogP contribution in [0.4, 0.5) is 0 Å². The highest BCUT2D eigenvalue weighted by molar-refractivity contribution is 5.94. The molecule has 1 aromatic heterocycles. The predicted molar refractivity (Wildman–Crippen MR) is 88.6 cm³/mol. The molecule has 1 aliphatic rings. The van der Waals surface area contributed by atoms with E-state index >= 15 is 0 Å². The summed E-state index contributed by atoms with van der Waals surface area (Å²) in [4.78, 5) is 12.1. The number of nitrogens with one attached hydrogen (secondary N) is 1. The van der Waals surface area contributed by atoms with E-state index < -0.39 is 0 Å². The highest BCUT2D eigenvalue weighted by Crippen LogP contribution is 2.12. The third-order valence-corrected chi connectivity index (χ3v) is 4.17. The quantitative estimate of drug-likeness (QED) is 0.922. The van der Waals surface area contributed by atoms with Gasteiger partial charge in [-0.1, -0.05) is 12.1 Å². The van der Waals surface area contributed by atoms with Crippen molar-refractivity contribution in [1.29, 1.82) is 0 Å². The van der Waals surface area contributed by atoms with Crippen molar-refractivity contribution in [3.8, 4) is 0 Å². The molecule has 5 nitrogen and oxygen atoms in total. The maximum atomic E-state index is 12.1. The summed E-state index contributed by atoms with van der Waals surface area (Å²) in [6.07, 6.45) is 2.29. The maximum absolute atomic E-state index is 12.1. The summed E-state index contributed by atoms with van der Waals surface area (Å²) in [6, 6.07) is 9.76. The Morgan fingerprint density at radius 3 is 2.74 bits per heavy atom. The lowest BCUT2D eigenvalue weighted by Gasteiger charge is -2.11. The fraction of sp³-hybridized carbons (Fsp3) is 0.444. The summed E-state index contributed by atoms with van der Waals surface area (Å²) in [7, 11) is 0. The number of nitrogens with zero attached hydrogens (tertiary/aromatic N) is 2. The monoisotopic (exact) mass is 313 g/mol. The van der Waals surface area contributed by atoms with Crippen LogP contribution in [-0.4, -0.2) is 34.9 Å². The molecule has 2 heterocycles. The summed E-state index contributed by atoms with van der Waals surface area (Å²) in [5.41, 5.74) is 3.97. The van der Waals surface area contributed by atoms with Crippen LogP contribution in [0.2, 0.25) is 0 Å². The molecule has 0 radical (unpaired) electrons. The summed E-state index contributed by atoms with van der Waals surface area (Å²) < 4.78 is 7.49. The van der Waals surface area contributed by atoms with Gasteiger partial charge in [-0.25, -0.2) is 0 Å².